The van der Waals surface area contributed by atoms with Gasteiger partial charge in [-0.3, -0.25) is 4.99 Å². The Morgan fingerprint density at radius 1 is 1.19 bits per heavy atom. The first-order valence-corrected chi connectivity index (χ1v) is 11.0. The number of thiophene rings is 1. The Morgan fingerprint density at radius 2 is 1.96 bits per heavy atom. The summed E-state index contributed by atoms with van der Waals surface area (Å²) in [5.41, 5.74) is 2.81. The van der Waals surface area contributed by atoms with Gasteiger partial charge in [0, 0.05) is 26.2 Å². The van der Waals surface area contributed by atoms with Crippen molar-refractivity contribution < 1.29 is 8.42 Å². The van der Waals surface area contributed by atoms with Gasteiger partial charge in [-0.25, -0.2) is 13.1 Å². The van der Waals surface area contributed by atoms with E-state index in [1.807, 2.05) is 0 Å². The van der Waals surface area contributed by atoms with Crippen LogP contribution in [-0.4, -0.2) is 40.6 Å². The van der Waals surface area contributed by atoms with Crippen LogP contribution in [0.15, 0.2) is 51.0 Å². The summed E-state index contributed by atoms with van der Waals surface area (Å²) in [5, 5.41) is 8.36. The first-order chi connectivity index (χ1) is 12.6. The summed E-state index contributed by atoms with van der Waals surface area (Å²) in [6, 6.07) is 12.2. The molecule has 0 spiro atoms. The number of halogens is 1. The Hall–Kier alpha value is -1.17. The molecule has 0 radical (unpaired) electrons. The number of nitrogens with one attached hydrogen (secondary N) is 3. The van der Waals surface area contributed by atoms with Gasteiger partial charge in [-0.15, -0.1) is 35.3 Å². The van der Waals surface area contributed by atoms with Crippen LogP contribution in [0.5, 0.6) is 0 Å². The predicted octanol–water partition coefficient (Wildman–Crippen LogP) is 2.37. The van der Waals surface area contributed by atoms with Crippen molar-refractivity contribution in [2.24, 2.45) is 4.99 Å². The Morgan fingerprint density at radius 3 is 2.67 bits per heavy atom. The van der Waals surface area contributed by atoms with Crippen LogP contribution < -0.4 is 15.4 Å². The minimum Gasteiger partial charge on any atom is -0.355 e. The standard InChI is InChI=1S/C18H24N4O2S2.HI/c1-19-18(20-10-11-21-26(23,24)17-7-4-12-25-17)22-16-9-8-14-5-2-3-6-15(14)13-16;/h2-7,12,16,21H,8-11,13H2,1H3,(H2,19,20,22);1H. The molecule has 1 heterocycles. The highest BCUT2D eigenvalue weighted by Gasteiger charge is 2.19. The molecule has 0 saturated carbocycles. The Labute approximate surface area is 181 Å². The van der Waals surface area contributed by atoms with Gasteiger partial charge in [0.1, 0.15) is 4.21 Å². The molecule has 0 saturated heterocycles. The van der Waals surface area contributed by atoms with Gasteiger partial charge in [-0.05, 0) is 41.8 Å². The zero-order valence-corrected chi connectivity index (χ0v) is 19.1. The number of hydrogen-bond donors (Lipinski definition) is 3. The van der Waals surface area contributed by atoms with Crippen molar-refractivity contribution in [3.05, 3.63) is 52.9 Å². The zero-order chi connectivity index (χ0) is 18.4. The smallest absolute Gasteiger partial charge is 0.250 e. The molecule has 3 N–H and O–H groups in total. The number of hydrogen-bond acceptors (Lipinski definition) is 4. The zero-order valence-electron chi connectivity index (χ0n) is 15.1. The maximum absolute atomic E-state index is 12.1. The van der Waals surface area contributed by atoms with E-state index in [9.17, 15) is 8.42 Å². The normalized spacial score (nSPS) is 16.9. The fourth-order valence-electron chi connectivity index (χ4n) is 3.06. The van der Waals surface area contributed by atoms with Crippen LogP contribution in [0.2, 0.25) is 0 Å². The molecule has 1 aliphatic carbocycles. The first-order valence-electron chi connectivity index (χ1n) is 8.65. The number of rotatable bonds is 6. The molecule has 0 bridgehead atoms. The fourth-order valence-corrected chi connectivity index (χ4v) is 5.13. The molecule has 148 valence electrons. The second kappa shape index (κ2) is 10.4. The van der Waals surface area contributed by atoms with Gasteiger partial charge in [-0.2, -0.15) is 0 Å². The second-order valence-corrected chi connectivity index (χ2v) is 9.12. The minimum absolute atomic E-state index is 0. The maximum Gasteiger partial charge on any atom is 0.250 e. The van der Waals surface area contributed by atoms with Gasteiger partial charge < -0.3 is 10.6 Å². The monoisotopic (exact) mass is 520 g/mol. The van der Waals surface area contributed by atoms with Gasteiger partial charge in [0.05, 0.1) is 0 Å². The average molecular weight is 520 g/mol. The third-order valence-electron chi connectivity index (χ3n) is 4.38. The summed E-state index contributed by atoms with van der Waals surface area (Å²) >= 11 is 1.21. The molecule has 6 nitrogen and oxygen atoms in total. The number of aliphatic imine (C=N–C) groups is 1. The molecular weight excluding hydrogens is 495 g/mol. The fraction of sp³-hybridized carbons (Fsp3) is 0.389. The summed E-state index contributed by atoms with van der Waals surface area (Å²) in [4.78, 5) is 4.24. The first kappa shape index (κ1) is 22.1. The lowest BCUT2D eigenvalue weighted by Crippen LogP contribution is -2.47. The molecule has 27 heavy (non-hydrogen) atoms. The van der Waals surface area contributed by atoms with Gasteiger partial charge in [0.25, 0.3) is 0 Å². The molecule has 1 aliphatic rings. The Kier molecular flexibility index (Phi) is 8.52. The highest BCUT2D eigenvalue weighted by molar-refractivity contribution is 14.0. The molecule has 0 fully saturated rings. The van der Waals surface area contributed by atoms with E-state index < -0.39 is 10.0 Å². The highest BCUT2D eigenvalue weighted by Crippen LogP contribution is 2.20. The average Bonchev–Trinajstić information content (AvgIpc) is 3.20. The molecule has 1 aromatic heterocycles. The number of fused-ring (bicyclic) bond motifs is 1. The summed E-state index contributed by atoms with van der Waals surface area (Å²) in [5.74, 6) is 0.699. The number of sulfonamides is 1. The van der Waals surface area contributed by atoms with Crippen molar-refractivity contribution in [2.45, 2.75) is 29.5 Å². The SMILES string of the molecule is CN=C(NCCNS(=O)(=O)c1cccs1)NC1CCc2ccccc2C1.I. The van der Waals surface area contributed by atoms with Gasteiger partial charge in [0.15, 0.2) is 5.96 Å². The van der Waals surface area contributed by atoms with Gasteiger partial charge in [-0.1, -0.05) is 30.3 Å². The summed E-state index contributed by atoms with van der Waals surface area (Å²) in [6.07, 6.45) is 3.09. The summed E-state index contributed by atoms with van der Waals surface area (Å²) in [6.45, 7) is 0.766. The molecule has 9 heteroatoms. The van der Waals surface area contributed by atoms with Crippen molar-refractivity contribution in [3.63, 3.8) is 0 Å². The van der Waals surface area contributed by atoms with Crippen LogP contribution in [0.1, 0.15) is 17.5 Å². The largest absolute Gasteiger partial charge is 0.355 e. The predicted molar refractivity (Wildman–Crippen MR) is 122 cm³/mol. The van der Waals surface area contributed by atoms with Gasteiger partial charge >= 0.3 is 0 Å². The molecule has 1 unspecified atom stereocenters. The van der Waals surface area contributed by atoms with Crippen molar-refractivity contribution in [1.29, 1.82) is 0 Å². The number of guanidine groups is 1. The van der Waals surface area contributed by atoms with E-state index in [0.717, 1.165) is 19.3 Å². The van der Waals surface area contributed by atoms with Crippen LogP contribution in [0.3, 0.4) is 0 Å². The quantitative estimate of drug-likeness (QED) is 0.237. The van der Waals surface area contributed by atoms with Crippen molar-refractivity contribution >= 4 is 51.3 Å². The van der Waals surface area contributed by atoms with E-state index in [1.54, 1.807) is 24.6 Å². The Balaban J connectivity index is 0.00000261. The third kappa shape index (κ3) is 6.16. The van der Waals surface area contributed by atoms with Crippen molar-refractivity contribution in [2.75, 3.05) is 20.1 Å². The van der Waals surface area contributed by atoms with Crippen LogP contribution >= 0.6 is 35.3 Å². The molecule has 2 aromatic rings. The molecule has 1 aromatic carbocycles. The molecule has 3 rings (SSSR count). The van der Waals surface area contributed by atoms with Crippen LogP contribution in [0, 0.1) is 0 Å². The maximum atomic E-state index is 12.1. The third-order valence-corrected chi connectivity index (χ3v) is 7.24. The lowest BCUT2D eigenvalue weighted by molar-refractivity contribution is 0.520. The lowest BCUT2D eigenvalue weighted by Gasteiger charge is -2.27. The highest BCUT2D eigenvalue weighted by atomic mass is 127. The van der Waals surface area contributed by atoms with E-state index in [1.165, 1.54) is 22.5 Å². The van der Waals surface area contributed by atoms with E-state index in [4.69, 9.17) is 0 Å². The molecule has 0 aliphatic heterocycles. The summed E-state index contributed by atoms with van der Waals surface area (Å²) in [7, 11) is -1.69. The molecular formula is C18H25IN4O2S2. The van der Waals surface area contributed by atoms with Crippen LogP contribution in [-0.2, 0) is 22.9 Å². The van der Waals surface area contributed by atoms with E-state index in [0.29, 0.717) is 29.3 Å². The molecule has 1 atom stereocenters. The van der Waals surface area contributed by atoms with Crippen LogP contribution in [0.4, 0.5) is 0 Å². The topological polar surface area (TPSA) is 82.6 Å². The summed E-state index contributed by atoms with van der Waals surface area (Å²) < 4.78 is 27.1. The van der Waals surface area contributed by atoms with Gasteiger partial charge in [0.2, 0.25) is 10.0 Å². The number of benzene rings is 1. The molecule has 0 amide bonds. The Bertz CT molecular complexity index is 854. The lowest BCUT2D eigenvalue weighted by atomic mass is 9.88. The van der Waals surface area contributed by atoms with Crippen LogP contribution in [0.25, 0.3) is 0 Å². The number of aryl methyl sites for hydroxylation is 1. The van der Waals surface area contributed by atoms with Crippen molar-refractivity contribution in [3.8, 4) is 0 Å². The van der Waals surface area contributed by atoms with E-state index in [-0.39, 0.29) is 24.0 Å². The van der Waals surface area contributed by atoms with E-state index in [2.05, 4.69) is 44.6 Å². The van der Waals surface area contributed by atoms with Crippen molar-refractivity contribution in [1.82, 2.24) is 15.4 Å². The number of nitrogens with zero attached hydrogens (tertiary/aromatic N) is 1. The minimum atomic E-state index is -3.41. The van der Waals surface area contributed by atoms with E-state index >= 15 is 0 Å². The second-order valence-electron chi connectivity index (χ2n) is 6.18.